The summed E-state index contributed by atoms with van der Waals surface area (Å²) in [5.74, 6) is -0.919. The highest BCUT2D eigenvalue weighted by Gasteiger charge is 2.29. The molecule has 1 aliphatic carbocycles. The standard InChI is InChI=1S/C13H23NO4/c15-13(16)9-18-12-8-17-7-6-11(12)14-10-4-2-1-3-5-10/h10-12,14H,1-9H2,(H,15,16)/t11-,12-/m1/s1. The van der Waals surface area contributed by atoms with Crippen molar-refractivity contribution in [2.75, 3.05) is 19.8 Å². The maximum Gasteiger partial charge on any atom is 0.329 e. The number of nitrogens with one attached hydrogen (secondary N) is 1. The summed E-state index contributed by atoms with van der Waals surface area (Å²) >= 11 is 0. The van der Waals surface area contributed by atoms with Gasteiger partial charge in [-0.1, -0.05) is 19.3 Å². The van der Waals surface area contributed by atoms with Crippen LogP contribution in [-0.4, -0.2) is 49.1 Å². The van der Waals surface area contributed by atoms with Gasteiger partial charge in [-0.15, -0.1) is 0 Å². The number of rotatable bonds is 5. The van der Waals surface area contributed by atoms with Gasteiger partial charge in [0.2, 0.25) is 0 Å². The molecule has 1 saturated carbocycles. The number of hydrogen-bond acceptors (Lipinski definition) is 4. The van der Waals surface area contributed by atoms with Crippen molar-refractivity contribution in [1.29, 1.82) is 0 Å². The molecule has 2 N–H and O–H groups in total. The Morgan fingerprint density at radius 3 is 2.78 bits per heavy atom. The van der Waals surface area contributed by atoms with Crippen molar-refractivity contribution in [2.45, 2.75) is 56.7 Å². The molecule has 0 bridgehead atoms. The zero-order valence-corrected chi connectivity index (χ0v) is 10.8. The van der Waals surface area contributed by atoms with Crippen molar-refractivity contribution in [3.05, 3.63) is 0 Å². The van der Waals surface area contributed by atoms with E-state index < -0.39 is 5.97 Å². The third kappa shape index (κ3) is 4.23. The molecule has 2 fully saturated rings. The first kappa shape index (κ1) is 13.8. The van der Waals surface area contributed by atoms with Crippen LogP contribution < -0.4 is 5.32 Å². The maximum atomic E-state index is 10.6. The first-order valence-electron chi connectivity index (χ1n) is 6.93. The minimum atomic E-state index is -0.919. The Balaban J connectivity index is 1.80. The minimum absolute atomic E-state index is 0.128. The Labute approximate surface area is 108 Å². The average Bonchev–Trinajstić information content (AvgIpc) is 2.39. The maximum absolute atomic E-state index is 10.6. The first-order valence-corrected chi connectivity index (χ1v) is 6.93. The van der Waals surface area contributed by atoms with E-state index in [-0.39, 0.29) is 18.8 Å². The number of carboxylic acid groups (broad SMARTS) is 1. The van der Waals surface area contributed by atoms with Crippen LogP contribution in [0.25, 0.3) is 0 Å². The molecule has 0 unspecified atom stereocenters. The second kappa shape index (κ2) is 7.07. The molecular weight excluding hydrogens is 234 g/mol. The summed E-state index contributed by atoms with van der Waals surface area (Å²) in [6.45, 7) is 0.992. The fourth-order valence-corrected chi connectivity index (χ4v) is 2.82. The summed E-state index contributed by atoms with van der Waals surface area (Å²) < 4.78 is 10.8. The zero-order chi connectivity index (χ0) is 12.8. The van der Waals surface area contributed by atoms with E-state index in [1.807, 2.05) is 0 Å². The van der Waals surface area contributed by atoms with Crippen molar-refractivity contribution < 1.29 is 19.4 Å². The Morgan fingerprint density at radius 1 is 1.28 bits per heavy atom. The van der Waals surface area contributed by atoms with E-state index in [0.717, 1.165) is 13.0 Å². The SMILES string of the molecule is O=C(O)CO[C@@H]1COCC[C@H]1NC1CCCCC1. The van der Waals surface area contributed by atoms with Crippen LogP contribution in [0.2, 0.25) is 0 Å². The molecule has 2 rings (SSSR count). The summed E-state index contributed by atoms with van der Waals surface area (Å²) in [6.07, 6.45) is 7.15. The van der Waals surface area contributed by atoms with Crippen molar-refractivity contribution >= 4 is 5.97 Å². The molecular formula is C13H23NO4. The molecule has 0 aromatic carbocycles. The van der Waals surface area contributed by atoms with Gasteiger partial charge in [0.15, 0.2) is 0 Å². The van der Waals surface area contributed by atoms with Crippen LogP contribution in [0.4, 0.5) is 0 Å². The monoisotopic (exact) mass is 257 g/mol. The lowest BCUT2D eigenvalue weighted by Gasteiger charge is -2.35. The van der Waals surface area contributed by atoms with Gasteiger partial charge < -0.3 is 19.9 Å². The fourth-order valence-electron chi connectivity index (χ4n) is 2.82. The highest BCUT2D eigenvalue weighted by atomic mass is 16.5. The molecule has 0 amide bonds. The largest absolute Gasteiger partial charge is 0.480 e. The van der Waals surface area contributed by atoms with Crippen molar-refractivity contribution in [2.24, 2.45) is 0 Å². The van der Waals surface area contributed by atoms with E-state index in [4.69, 9.17) is 14.6 Å². The van der Waals surface area contributed by atoms with Gasteiger partial charge in [-0.2, -0.15) is 0 Å². The summed E-state index contributed by atoms with van der Waals surface area (Å²) in [5, 5.41) is 12.3. The molecule has 1 heterocycles. The predicted octanol–water partition coefficient (Wildman–Crippen LogP) is 1.17. The zero-order valence-electron chi connectivity index (χ0n) is 10.8. The molecule has 1 saturated heterocycles. The first-order chi connectivity index (χ1) is 8.75. The van der Waals surface area contributed by atoms with Gasteiger partial charge in [0, 0.05) is 18.7 Å². The Bertz CT molecular complexity index is 266. The van der Waals surface area contributed by atoms with Crippen LogP contribution in [0.15, 0.2) is 0 Å². The van der Waals surface area contributed by atoms with E-state index in [0.29, 0.717) is 12.6 Å². The van der Waals surface area contributed by atoms with Crippen LogP contribution in [0.5, 0.6) is 0 Å². The van der Waals surface area contributed by atoms with Crippen LogP contribution in [0.1, 0.15) is 38.5 Å². The van der Waals surface area contributed by atoms with Gasteiger partial charge in [-0.05, 0) is 19.3 Å². The summed E-state index contributed by atoms with van der Waals surface area (Å²) in [4.78, 5) is 10.6. The topological polar surface area (TPSA) is 67.8 Å². The molecule has 0 radical (unpaired) electrons. The van der Waals surface area contributed by atoms with Gasteiger partial charge in [0.25, 0.3) is 0 Å². The number of ether oxygens (including phenoxy) is 2. The molecule has 18 heavy (non-hydrogen) atoms. The molecule has 0 spiro atoms. The Hall–Kier alpha value is -0.650. The van der Waals surface area contributed by atoms with Gasteiger partial charge in [0.1, 0.15) is 6.61 Å². The Kier molecular flexibility index (Phi) is 5.41. The summed E-state index contributed by atoms with van der Waals surface area (Å²) in [5.41, 5.74) is 0. The average molecular weight is 257 g/mol. The lowest BCUT2D eigenvalue weighted by atomic mass is 9.93. The van der Waals surface area contributed by atoms with E-state index in [2.05, 4.69) is 5.32 Å². The van der Waals surface area contributed by atoms with Crippen LogP contribution >= 0.6 is 0 Å². The Morgan fingerprint density at radius 2 is 2.06 bits per heavy atom. The fraction of sp³-hybridized carbons (Fsp3) is 0.923. The van der Waals surface area contributed by atoms with E-state index in [9.17, 15) is 4.79 Å². The third-order valence-corrected chi connectivity index (χ3v) is 3.78. The number of carbonyl (C=O) groups is 1. The van der Waals surface area contributed by atoms with Crippen LogP contribution in [0.3, 0.4) is 0 Å². The minimum Gasteiger partial charge on any atom is -0.480 e. The second-order valence-electron chi connectivity index (χ2n) is 5.21. The second-order valence-corrected chi connectivity index (χ2v) is 5.21. The van der Waals surface area contributed by atoms with E-state index in [1.54, 1.807) is 0 Å². The smallest absolute Gasteiger partial charge is 0.329 e. The number of aliphatic carboxylic acids is 1. The van der Waals surface area contributed by atoms with Gasteiger partial charge in [0.05, 0.1) is 12.7 Å². The highest BCUT2D eigenvalue weighted by molar-refractivity contribution is 5.68. The van der Waals surface area contributed by atoms with E-state index >= 15 is 0 Å². The quantitative estimate of drug-likeness (QED) is 0.774. The van der Waals surface area contributed by atoms with Gasteiger partial charge in [-0.3, -0.25) is 0 Å². The van der Waals surface area contributed by atoms with Gasteiger partial charge in [-0.25, -0.2) is 4.79 Å². The van der Waals surface area contributed by atoms with Crippen molar-refractivity contribution in [1.82, 2.24) is 5.32 Å². The van der Waals surface area contributed by atoms with Crippen molar-refractivity contribution in [3.63, 3.8) is 0 Å². The molecule has 5 nitrogen and oxygen atoms in total. The predicted molar refractivity (Wildman–Crippen MR) is 66.6 cm³/mol. The molecule has 0 aromatic heterocycles. The lowest BCUT2D eigenvalue weighted by molar-refractivity contribution is -0.148. The normalized spacial score (nSPS) is 30.2. The molecule has 2 aliphatic rings. The van der Waals surface area contributed by atoms with Crippen LogP contribution in [0, 0.1) is 0 Å². The van der Waals surface area contributed by atoms with Crippen LogP contribution in [-0.2, 0) is 14.3 Å². The number of carboxylic acids is 1. The van der Waals surface area contributed by atoms with Crippen molar-refractivity contribution in [3.8, 4) is 0 Å². The van der Waals surface area contributed by atoms with E-state index in [1.165, 1.54) is 32.1 Å². The molecule has 0 aromatic rings. The summed E-state index contributed by atoms with van der Waals surface area (Å²) in [7, 11) is 0. The molecule has 5 heteroatoms. The van der Waals surface area contributed by atoms with Gasteiger partial charge >= 0.3 is 5.97 Å². The molecule has 2 atom stereocenters. The number of hydrogen-bond donors (Lipinski definition) is 2. The highest BCUT2D eigenvalue weighted by Crippen LogP contribution is 2.20. The third-order valence-electron chi connectivity index (χ3n) is 3.78. The molecule has 104 valence electrons. The molecule has 1 aliphatic heterocycles. The summed E-state index contributed by atoms with van der Waals surface area (Å²) in [6, 6.07) is 0.805. The lowest BCUT2D eigenvalue weighted by Crippen LogP contribution is -2.52.